The molecule has 1 aliphatic rings. The molecule has 0 radical (unpaired) electrons. The number of rotatable bonds is 2. The van der Waals surface area contributed by atoms with Crippen LogP contribution in [0.25, 0.3) is 0 Å². The number of carbonyl (C=O) groups excluding carboxylic acids is 2. The summed E-state index contributed by atoms with van der Waals surface area (Å²) >= 11 is 0. The van der Waals surface area contributed by atoms with Gasteiger partial charge in [0.2, 0.25) is 0 Å². The molecule has 0 saturated carbocycles. The van der Waals surface area contributed by atoms with Crippen LogP contribution >= 0.6 is 0 Å². The Labute approximate surface area is 133 Å². The number of anilines is 2. The summed E-state index contributed by atoms with van der Waals surface area (Å²) in [6, 6.07) is 11.6. The minimum atomic E-state index is -0.688. The van der Waals surface area contributed by atoms with E-state index in [2.05, 4.69) is 15.4 Å². The third-order valence-corrected chi connectivity index (χ3v) is 3.75. The maximum Gasteiger partial charge on any atom is 0.315 e. The standard InChI is InChI=1S/C16H18N4O3/c1-12-11-14(18-23-12)17-15(21)16(22)20-9-7-19(8-10-20)13-5-3-2-4-6-13/h2-6,11H,7-10H2,1H3,(H,17,18,21). The number of hydrogen-bond donors (Lipinski definition) is 1. The van der Waals surface area contributed by atoms with Crippen LogP contribution in [0.1, 0.15) is 5.76 Å². The fraction of sp³-hybridized carbons (Fsp3) is 0.312. The Balaban J connectivity index is 1.54. The summed E-state index contributed by atoms with van der Waals surface area (Å²) in [5.74, 6) is -0.405. The van der Waals surface area contributed by atoms with Gasteiger partial charge in [-0.25, -0.2) is 0 Å². The number of carbonyl (C=O) groups is 2. The van der Waals surface area contributed by atoms with Crippen molar-refractivity contribution in [2.24, 2.45) is 0 Å². The van der Waals surface area contributed by atoms with Crippen molar-refractivity contribution in [1.29, 1.82) is 0 Å². The molecular weight excluding hydrogens is 296 g/mol. The Morgan fingerprint density at radius 2 is 1.83 bits per heavy atom. The molecule has 7 nitrogen and oxygen atoms in total. The number of benzene rings is 1. The number of hydrogen-bond acceptors (Lipinski definition) is 5. The highest BCUT2D eigenvalue weighted by Crippen LogP contribution is 2.15. The highest BCUT2D eigenvalue weighted by atomic mass is 16.5. The lowest BCUT2D eigenvalue weighted by molar-refractivity contribution is -0.143. The molecule has 2 aromatic rings. The van der Waals surface area contributed by atoms with Gasteiger partial charge in [0.1, 0.15) is 5.76 Å². The van der Waals surface area contributed by atoms with Gasteiger partial charge in [-0.1, -0.05) is 23.4 Å². The molecule has 0 spiro atoms. The monoisotopic (exact) mass is 314 g/mol. The van der Waals surface area contributed by atoms with E-state index in [1.54, 1.807) is 17.9 Å². The summed E-state index contributed by atoms with van der Waals surface area (Å²) < 4.78 is 4.86. The van der Waals surface area contributed by atoms with Crippen LogP contribution in [0.5, 0.6) is 0 Å². The number of aromatic nitrogens is 1. The first kappa shape index (κ1) is 15.1. The van der Waals surface area contributed by atoms with Crippen molar-refractivity contribution >= 4 is 23.3 Å². The van der Waals surface area contributed by atoms with E-state index in [0.29, 0.717) is 31.9 Å². The third-order valence-electron chi connectivity index (χ3n) is 3.75. The van der Waals surface area contributed by atoms with Gasteiger partial charge in [0, 0.05) is 37.9 Å². The van der Waals surface area contributed by atoms with E-state index in [4.69, 9.17) is 4.52 Å². The minimum absolute atomic E-state index is 0.253. The smallest absolute Gasteiger partial charge is 0.315 e. The Morgan fingerprint density at radius 3 is 2.43 bits per heavy atom. The normalized spacial score (nSPS) is 14.7. The van der Waals surface area contributed by atoms with Crippen LogP contribution in [-0.2, 0) is 9.59 Å². The van der Waals surface area contributed by atoms with Crippen molar-refractivity contribution in [3.05, 3.63) is 42.2 Å². The molecule has 1 aromatic heterocycles. The Hall–Kier alpha value is -2.83. The van der Waals surface area contributed by atoms with E-state index >= 15 is 0 Å². The van der Waals surface area contributed by atoms with Gasteiger partial charge in [0.25, 0.3) is 0 Å². The summed E-state index contributed by atoms with van der Waals surface area (Å²) in [6.07, 6.45) is 0. The van der Waals surface area contributed by atoms with Crippen molar-refractivity contribution in [2.45, 2.75) is 6.92 Å². The largest absolute Gasteiger partial charge is 0.368 e. The van der Waals surface area contributed by atoms with E-state index in [0.717, 1.165) is 5.69 Å². The Morgan fingerprint density at radius 1 is 1.13 bits per heavy atom. The van der Waals surface area contributed by atoms with Gasteiger partial charge in [-0.2, -0.15) is 0 Å². The van der Waals surface area contributed by atoms with E-state index in [9.17, 15) is 9.59 Å². The molecule has 1 saturated heterocycles. The molecule has 0 atom stereocenters. The van der Waals surface area contributed by atoms with Crippen molar-refractivity contribution < 1.29 is 14.1 Å². The summed E-state index contributed by atoms with van der Waals surface area (Å²) in [5, 5.41) is 6.10. The second-order valence-electron chi connectivity index (χ2n) is 5.39. The first-order chi connectivity index (χ1) is 11.1. The number of para-hydroxylation sites is 1. The van der Waals surface area contributed by atoms with Crippen LogP contribution in [0, 0.1) is 6.92 Å². The van der Waals surface area contributed by atoms with Gasteiger partial charge in [-0.15, -0.1) is 0 Å². The number of aryl methyl sites for hydroxylation is 1. The third kappa shape index (κ3) is 3.50. The first-order valence-electron chi connectivity index (χ1n) is 7.47. The number of amides is 2. The van der Waals surface area contributed by atoms with Crippen LogP contribution in [0.15, 0.2) is 40.9 Å². The highest BCUT2D eigenvalue weighted by molar-refractivity contribution is 6.39. The van der Waals surface area contributed by atoms with E-state index in [-0.39, 0.29) is 5.82 Å². The van der Waals surface area contributed by atoms with E-state index in [1.165, 1.54) is 0 Å². The molecule has 3 rings (SSSR count). The molecule has 120 valence electrons. The second-order valence-corrected chi connectivity index (χ2v) is 5.39. The molecule has 2 heterocycles. The summed E-state index contributed by atoms with van der Waals surface area (Å²) in [7, 11) is 0. The zero-order valence-corrected chi connectivity index (χ0v) is 12.9. The SMILES string of the molecule is Cc1cc(NC(=O)C(=O)N2CCN(c3ccccc3)CC2)no1. The summed E-state index contributed by atoms with van der Waals surface area (Å²) in [5.41, 5.74) is 1.13. The van der Waals surface area contributed by atoms with Crippen LogP contribution in [-0.4, -0.2) is 48.0 Å². The minimum Gasteiger partial charge on any atom is -0.368 e. The van der Waals surface area contributed by atoms with Gasteiger partial charge in [0.05, 0.1) is 0 Å². The lowest BCUT2D eigenvalue weighted by atomic mass is 10.2. The van der Waals surface area contributed by atoms with Crippen LogP contribution in [0.4, 0.5) is 11.5 Å². The molecule has 1 aliphatic heterocycles. The Kier molecular flexibility index (Phi) is 4.27. The topological polar surface area (TPSA) is 78.7 Å². The van der Waals surface area contributed by atoms with Crippen LogP contribution in [0.2, 0.25) is 0 Å². The zero-order chi connectivity index (χ0) is 16.2. The lowest BCUT2D eigenvalue weighted by Gasteiger charge is -2.35. The average Bonchev–Trinajstić information content (AvgIpc) is 3.00. The summed E-state index contributed by atoms with van der Waals surface area (Å²) in [4.78, 5) is 27.9. The molecule has 0 bridgehead atoms. The van der Waals surface area contributed by atoms with Crippen LogP contribution < -0.4 is 10.2 Å². The number of nitrogens with one attached hydrogen (secondary N) is 1. The van der Waals surface area contributed by atoms with Gasteiger partial charge in [-0.3, -0.25) is 14.9 Å². The van der Waals surface area contributed by atoms with Gasteiger partial charge >= 0.3 is 11.8 Å². The first-order valence-corrected chi connectivity index (χ1v) is 7.47. The molecule has 23 heavy (non-hydrogen) atoms. The zero-order valence-electron chi connectivity index (χ0n) is 12.9. The van der Waals surface area contributed by atoms with Gasteiger partial charge in [0.15, 0.2) is 5.82 Å². The van der Waals surface area contributed by atoms with Crippen LogP contribution in [0.3, 0.4) is 0 Å². The average molecular weight is 314 g/mol. The molecular formula is C16H18N4O3. The Bertz CT molecular complexity index is 690. The predicted octanol–water partition coefficient (Wildman–Crippen LogP) is 1.27. The number of piperazine rings is 1. The van der Waals surface area contributed by atoms with Crippen molar-refractivity contribution in [2.75, 3.05) is 36.4 Å². The molecule has 1 fully saturated rings. The molecule has 1 N–H and O–H groups in total. The quantitative estimate of drug-likeness (QED) is 0.845. The van der Waals surface area contributed by atoms with E-state index < -0.39 is 11.8 Å². The fourth-order valence-electron chi connectivity index (χ4n) is 2.55. The maximum absolute atomic E-state index is 12.2. The lowest BCUT2D eigenvalue weighted by Crippen LogP contribution is -2.51. The maximum atomic E-state index is 12.2. The second kappa shape index (κ2) is 6.51. The molecule has 0 aliphatic carbocycles. The molecule has 2 amide bonds. The number of nitrogens with zero attached hydrogens (tertiary/aromatic N) is 3. The highest BCUT2D eigenvalue weighted by Gasteiger charge is 2.26. The van der Waals surface area contributed by atoms with Gasteiger partial charge in [-0.05, 0) is 19.1 Å². The van der Waals surface area contributed by atoms with Gasteiger partial charge < -0.3 is 14.3 Å². The molecule has 0 unspecified atom stereocenters. The predicted molar refractivity (Wildman–Crippen MR) is 85.1 cm³/mol. The molecule has 7 heteroatoms. The fourth-order valence-corrected chi connectivity index (χ4v) is 2.55. The van der Waals surface area contributed by atoms with Crippen molar-refractivity contribution in [1.82, 2.24) is 10.1 Å². The molecule has 1 aromatic carbocycles. The van der Waals surface area contributed by atoms with Crippen molar-refractivity contribution in [3.8, 4) is 0 Å². The summed E-state index contributed by atoms with van der Waals surface area (Å²) in [6.45, 7) is 4.14. The van der Waals surface area contributed by atoms with Crippen molar-refractivity contribution in [3.63, 3.8) is 0 Å². The van der Waals surface area contributed by atoms with E-state index in [1.807, 2.05) is 30.3 Å².